The van der Waals surface area contributed by atoms with E-state index in [2.05, 4.69) is 225 Å². The summed E-state index contributed by atoms with van der Waals surface area (Å²) in [5.74, 6) is 0. The molecule has 6 aromatic carbocycles. The summed E-state index contributed by atoms with van der Waals surface area (Å²) in [6.07, 6.45) is 4.67. The van der Waals surface area contributed by atoms with Crippen molar-refractivity contribution in [2.45, 2.75) is 181 Å². The minimum Gasteiger partial charge on any atom is -0.311 e. The van der Waals surface area contributed by atoms with Crippen LogP contribution in [0.4, 0.5) is 34.1 Å². The molecule has 0 bridgehead atoms. The summed E-state index contributed by atoms with van der Waals surface area (Å²) in [6.45, 7) is 41.7. The highest BCUT2D eigenvalue weighted by atomic mass is 15.2. The fourth-order valence-electron chi connectivity index (χ4n) is 15.1. The van der Waals surface area contributed by atoms with Gasteiger partial charge in [0.1, 0.15) is 0 Å². The van der Waals surface area contributed by atoms with Crippen LogP contribution < -0.4 is 26.2 Å². The molecule has 2 aliphatic heterocycles. The molecule has 3 heteroatoms. The van der Waals surface area contributed by atoms with Gasteiger partial charge in [0, 0.05) is 39.5 Å². The number of anilines is 6. The number of hydrogen-bond donors (Lipinski definition) is 0. The summed E-state index contributed by atoms with van der Waals surface area (Å²) in [5, 5.41) is 0. The zero-order chi connectivity index (χ0) is 47.9. The molecule has 11 rings (SSSR count). The molecule has 0 atom stereocenters. The van der Waals surface area contributed by atoms with Gasteiger partial charge in [-0.3, -0.25) is 0 Å². The SMILES string of the molecule is Cc1cc2c3c(c1)N(c1ccc4c(c1C)C(C)(C)CCC4(C)C)c1ccc(C(C)(C)c4ccccc4)cc1B3c1cc3c(cc1N2c1cc2c(cc1C)C(C)(C)CC2(C)C)C(C)(C)CC3(C)C. The maximum Gasteiger partial charge on any atom is 0.252 e. The molecule has 0 saturated heterocycles. The maximum absolute atomic E-state index is 2.74. The molecule has 2 heterocycles. The number of fused-ring (bicyclic) bond motifs is 7. The molecule has 67 heavy (non-hydrogen) atoms. The van der Waals surface area contributed by atoms with E-state index in [9.17, 15) is 0 Å². The standard InChI is InChI=1S/C64H75BN2/c1-38-29-54-57-55(30-38)67(52-34-46-44(31-39(52)2)60(8,9)36-62(46,12)13)53-35-47-45(61(10,11)37-63(47,14)15)33-49(53)65(57)48-32-42(64(16,17)41-21-19-18-20-22-41)23-25-51(48)66(54)50-26-24-43-56(40(50)3)59(6,7)28-27-58(43,4)5/h18-26,29-35H,27-28,36-37H2,1-17H3. The van der Waals surface area contributed by atoms with Crippen LogP contribution in [-0.4, -0.2) is 6.71 Å². The molecule has 0 aromatic heterocycles. The van der Waals surface area contributed by atoms with E-state index in [0.29, 0.717) is 0 Å². The van der Waals surface area contributed by atoms with Crippen LogP contribution in [0.3, 0.4) is 0 Å². The van der Waals surface area contributed by atoms with Gasteiger partial charge in [-0.1, -0.05) is 158 Å². The fraction of sp³-hybridized carbons (Fsp3) is 0.438. The molecular formula is C64H75BN2. The van der Waals surface area contributed by atoms with Gasteiger partial charge < -0.3 is 9.80 Å². The maximum atomic E-state index is 2.74. The molecule has 6 aromatic rings. The van der Waals surface area contributed by atoms with Crippen LogP contribution in [0.15, 0.2) is 97.1 Å². The van der Waals surface area contributed by atoms with E-state index in [1.165, 1.54) is 119 Å². The van der Waals surface area contributed by atoms with Crippen molar-refractivity contribution in [3.63, 3.8) is 0 Å². The van der Waals surface area contributed by atoms with Crippen molar-refractivity contribution in [2.24, 2.45) is 0 Å². The molecule has 5 aliphatic rings. The zero-order valence-corrected chi connectivity index (χ0v) is 44.0. The Kier molecular flexibility index (Phi) is 9.18. The van der Waals surface area contributed by atoms with Crippen LogP contribution in [-0.2, 0) is 37.9 Å². The topological polar surface area (TPSA) is 6.48 Å². The average Bonchev–Trinajstić information content (AvgIpc) is 3.54. The Balaban J connectivity index is 1.27. The molecule has 0 spiro atoms. The van der Waals surface area contributed by atoms with Gasteiger partial charge in [0.2, 0.25) is 0 Å². The summed E-state index contributed by atoms with van der Waals surface area (Å²) >= 11 is 0. The van der Waals surface area contributed by atoms with Gasteiger partial charge in [0.15, 0.2) is 0 Å². The first kappa shape index (κ1) is 44.5. The van der Waals surface area contributed by atoms with Crippen molar-refractivity contribution in [3.8, 4) is 0 Å². The molecule has 0 amide bonds. The number of hydrogen-bond acceptors (Lipinski definition) is 2. The van der Waals surface area contributed by atoms with Gasteiger partial charge in [-0.25, -0.2) is 0 Å². The van der Waals surface area contributed by atoms with Gasteiger partial charge >= 0.3 is 0 Å². The highest BCUT2D eigenvalue weighted by Crippen LogP contribution is 2.57. The van der Waals surface area contributed by atoms with Crippen molar-refractivity contribution in [1.82, 2.24) is 0 Å². The second kappa shape index (κ2) is 13.8. The lowest BCUT2D eigenvalue weighted by molar-refractivity contribution is 0.330. The van der Waals surface area contributed by atoms with Crippen LogP contribution in [0.5, 0.6) is 0 Å². The lowest BCUT2D eigenvalue weighted by atomic mass is 9.33. The van der Waals surface area contributed by atoms with Crippen LogP contribution >= 0.6 is 0 Å². The van der Waals surface area contributed by atoms with Gasteiger partial charge in [0.05, 0.1) is 0 Å². The number of aryl methyl sites for hydroxylation is 2. The van der Waals surface area contributed by atoms with Crippen molar-refractivity contribution in [1.29, 1.82) is 0 Å². The molecule has 0 radical (unpaired) electrons. The van der Waals surface area contributed by atoms with Crippen molar-refractivity contribution in [3.05, 3.63) is 158 Å². The first-order chi connectivity index (χ1) is 31.2. The van der Waals surface area contributed by atoms with E-state index in [0.717, 1.165) is 12.8 Å². The second-order valence-electron chi connectivity index (χ2n) is 26.5. The predicted molar refractivity (Wildman–Crippen MR) is 290 cm³/mol. The molecule has 0 fully saturated rings. The monoisotopic (exact) mass is 883 g/mol. The lowest BCUT2D eigenvalue weighted by Gasteiger charge is -2.47. The summed E-state index contributed by atoms with van der Waals surface area (Å²) in [4.78, 5) is 5.44. The molecule has 0 saturated carbocycles. The summed E-state index contributed by atoms with van der Waals surface area (Å²) in [7, 11) is 0. The van der Waals surface area contributed by atoms with E-state index in [-0.39, 0.29) is 44.6 Å². The predicted octanol–water partition coefficient (Wildman–Crippen LogP) is 15.3. The van der Waals surface area contributed by atoms with Gasteiger partial charge in [-0.2, -0.15) is 0 Å². The second-order valence-corrected chi connectivity index (χ2v) is 26.5. The van der Waals surface area contributed by atoms with E-state index in [1.807, 2.05) is 0 Å². The highest BCUT2D eigenvalue weighted by molar-refractivity contribution is 7.00. The van der Waals surface area contributed by atoms with Crippen molar-refractivity contribution < 1.29 is 0 Å². The van der Waals surface area contributed by atoms with Crippen LogP contribution in [0, 0.1) is 20.8 Å². The van der Waals surface area contributed by atoms with E-state index < -0.39 is 0 Å². The third-order valence-corrected chi connectivity index (χ3v) is 18.3. The van der Waals surface area contributed by atoms with Crippen LogP contribution in [0.2, 0.25) is 0 Å². The first-order valence-corrected chi connectivity index (χ1v) is 25.6. The van der Waals surface area contributed by atoms with Crippen molar-refractivity contribution >= 4 is 57.2 Å². The Hall–Kier alpha value is -5.02. The smallest absolute Gasteiger partial charge is 0.252 e. The molecule has 3 aliphatic carbocycles. The van der Waals surface area contributed by atoms with E-state index in [1.54, 1.807) is 5.56 Å². The van der Waals surface area contributed by atoms with Crippen LogP contribution in [0.1, 0.15) is 184 Å². The Morgan fingerprint density at radius 3 is 1.55 bits per heavy atom. The number of benzene rings is 6. The van der Waals surface area contributed by atoms with E-state index in [4.69, 9.17) is 0 Å². The Labute approximate surface area is 404 Å². The normalized spacial score (nSPS) is 20.4. The van der Waals surface area contributed by atoms with Gasteiger partial charge in [0.25, 0.3) is 6.71 Å². The lowest BCUT2D eigenvalue weighted by Crippen LogP contribution is -2.62. The molecule has 344 valence electrons. The fourth-order valence-corrected chi connectivity index (χ4v) is 15.1. The van der Waals surface area contributed by atoms with E-state index >= 15 is 0 Å². The molecular weight excluding hydrogens is 808 g/mol. The Morgan fingerprint density at radius 1 is 0.433 bits per heavy atom. The summed E-state index contributed by atoms with van der Waals surface area (Å²) < 4.78 is 0. The first-order valence-electron chi connectivity index (χ1n) is 25.6. The zero-order valence-electron chi connectivity index (χ0n) is 44.0. The third-order valence-electron chi connectivity index (χ3n) is 18.3. The average molecular weight is 883 g/mol. The summed E-state index contributed by atoms with van der Waals surface area (Å²) in [6, 6.07) is 39.3. The molecule has 0 N–H and O–H groups in total. The van der Waals surface area contributed by atoms with Gasteiger partial charge in [-0.05, 0) is 193 Å². The quantitative estimate of drug-likeness (QED) is 0.163. The van der Waals surface area contributed by atoms with Crippen LogP contribution in [0.25, 0.3) is 0 Å². The summed E-state index contributed by atoms with van der Waals surface area (Å²) in [5.41, 5.74) is 28.3. The van der Waals surface area contributed by atoms with Gasteiger partial charge in [-0.15, -0.1) is 0 Å². The minimum atomic E-state index is -0.204. The third kappa shape index (κ3) is 6.27. The Morgan fingerprint density at radius 2 is 0.940 bits per heavy atom. The number of nitrogens with zero attached hydrogens (tertiary/aromatic N) is 2. The Bertz CT molecular complexity index is 3100. The minimum absolute atomic E-state index is 0.0397. The largest absolute Gasteiger partial charge is 0.311 e. The molecule has 0 unspecified atom stereocenters. The van der Waals surface area contributed by atoms with Crippen molar-refractivity contribution in [2.75, 3.05) is 9.80 Å². The molecule has 2 nitrogen and oxygen atoms in total. The number of rotatable bonds is 4. The highest BCUT2D eigenvalue weighted by Gasteiger charge is 2.50.